The highest BCUT2D eigenvalue weighted by Crippen LogP contribution is 2.22. The first-order valence-corrected chi connectivity index (χ1v) is 5.28. The summed E-state index contributed by atoms with van der Waals surface area (Å²) in [5.41, 5.74) is 1.40. The van der Waals surface area contributed by atoms with E-state index < -0.39 is 18.8 Å². The van der Waals surface area contributed by atoms with Gasteiger partial charge >= 0.3 is 6.18 Å². The van der Waals surface area contributed by atoms with Gasteiger partial charge in [0.25, 0.3) is 0 Å². The maximum absolute atomic E-state index is 12.2. The molecule has 1 aromatic heterocycles. The predicted molar refractivity (Wildman–Crippen MR) is 61.4 cm³/mol. The normalized spacial score (nSPS) is 13.8. The molecular formula is C11H12F3N3O. The van der Waals surface area contributed by atoms with Crippen molar-refractivity contribution in [2.24, 2.45) is 0 Å². The lowest BCUT2D eigenvalue weighted by Gasteiger charge is -2.21. The molecule has 0 unspecified atom stereocenters. The SMILES string of the molecule is CN(C[C@H](O)C(F)(F)F)c1nc2ccccc2[nH]1. The number of nitrogens with zero attached hydrogens (tertiary/aromatic N) is 2. The van der Waals surface area contributed by atoms with E-state index in [9.17, 15) is 13.2 Å². The molecule has 98 valence electrons. The Kier molecular flexibility index (Phi) is 3.16. The smallest absolute Gasteiger partial charge is 0.382 e. The topological polar surface area (TPSA) is 52.1 Å². The zero-order valence-electron chi connectivity index (χ0n) is 9.57. The minimum atomic E-state index is -4.62. The molecule has 1 atom stereocenters. The molecule has 7 heteroatoms. The van der Waals surface area contributed by atoms with Crippen molar-refractivity contribution < 1.29 is 18.3 Å². The molecular weight excluding hydrogens is 247 g/mol. The standard InChI is InChI=1S/C11H12F3N3O/c1-17(6-9(18)11(12,13)14)10-15-7-4-2-3-5-8(7)16-10/h2-5,9,18H,6H2,1H3,(H,15,16)/t9-/m0/s1. The van der Waals surface area contributed by atoms with Crippen LogP contribution in [-0.4, -0.2) is 40.9 Å². The number of alkyl halides is 3. The Balaban J connectivity index is 2.16. The molecule has 2 rings (SSSR count). The number of aliphatic hydroxyl groups excluding tert-OH is 1. The number of nitrogens with one attached hydrogen (secondary N) is 1. The number of hydrogen-bond donors (Lipinski definition) is 2. The third-order valence-corrected chi connectivity index (χ3v) is 2.56. The van der Waals surface area contributed by atoms with E-state index in [1.807, 2.05) is 0 Å². The second kappa shape index (κ2) is 4.49. The third-order valence-electron chi connectivity index (χ3n) is 2.56. The fraction of sp³-hybridized carbons (Fsp3) is 0.364. The number of rotatable bonds is 3. The quantitative estimate of drug-likeness (QED) is 0.885. The van der Waals surface area contributed by atoms with Crippen molar-refractivity contribution >= 4 is 17.0 Å². The Labute approximate surface area is 101 Å². The van der Waals surface area contributed by atoms with E-state index in [1.54, 1.807) is 24.3 Å². The summed E-state index contributed by atoms with van der Waals surface area (Å²) in [7, 11) is 1.44. The highest BCUT2D eigenvalue weighted by Gasteiger charge is 2.39. The van der Waals surface area contributed by atoms with Gasteiger partial charge in [-0.25, -0.2) is 4.98 Å². The van der Waals surface area contributed by atoms with Gasteiger partial charge in [0.05, 0.1) is 17.6 Å². The molecule has 1 heterocycles. The van der Waals surface area contributed by atoms with Crippen LogP contribution in [0.25, 0.3) is 11.0 Å². The number of halogens is 3. The van der Waals surface area contributed by atoms with Crippen molar-refractivity contribution in [3.8, 4) is 0 Å². The van der Waals surface area contributed by atoms with Gasteiger partial charge in [0.2, 0.25) is 5.95 Å². The molecule has 0 amide bonds. The monoisotopic (exact) mass is 259 g/mol. The largest absolute Gasteiger partial charge is 0.416 e. The lowest BCUT2D eigenvalue weighted by molar-refractivity contribution is -0.200. The van der Waals surface area contributed by atoms with Gasteiger partial charge in [0, 0.05) is 7.05 Å². The van der Waals surface area contributed by atoms with Crippen LogP contribution in [0.2, 0.25) is 0 Å². The van der Waals surface area contributed by atoms with Crippen LogP contribution in [0.3, 0.4) is 0 Å². The van der Waals surface area contributed by atoms with Crippen molar-refractivity contribution in [2.45, 2.75) is 12.3 Å². The Morgan fingerprint density at radius 2 is 2.06 bits per heavy atom. The van der Waals surface area contributed by atoms with Crippen LogP contribution in [0.4, 0.5) is 19.1 Å². The van der Waals surface area contributed by atoms with E-state index >= 15 is 0 Å². The molecule has 0 bridgehead atoms. The number of hydrogen-bond acceptors (Lipinski definition) is 3. The van der Waals surface area contributed by atoms with Gasteiger partial charge in [-0.3, -0.25) is 0 Å². The predicted octanol–water partition coefficient (Wildman–Crippen LogP) is 1.92. The molecule has 0 aliphatic heterocycles. The van der Waals surface area contributed by atoms with Crippen LogP contribution in [0, 0.1) is 0 Å². The second-order valence-electron chi connectivity index (χ2n) is 4.02. The van der Waals surface area contributed by atoms with Crippen molar-refractivity contribution in [2.75, 3.05) is 18.5 Å². The number of imidazole rings is 1. The molecule has 4 nitrogen and oxygen atoms in total. The van der Waals surface area contributed by atoms with Crippen LogP contribution < -0.4 is 4.90 Å². The van der Waals surface area contributed by atoms with Crippen molar-refractivity contribution in [1.82, 2.24) is 9.97 Å². The van der Waals surface area contributed by atoms with Gasteiger partial charge < -0.3 is 15.0 Å². The van der Waals surface area contributed by atoms with Crippen LogP contribution in [0.1, 0.15) is 0 Å². The molecule has 0 saturated heterocycles. The highest BCUT2D eigenvalue weighted by molar-refractivity contribution is 5.77. The molecule has 2 N–H and O–H groups in total. The number of aromatic nitrogens is 2. The molecule has 0 saturated carbocycles. The Hall–Kier alpha value is -1.76. The maximum atomic E-state index is 12.2. The Morgan fingerprint density at radius 1 is 1.39 bits per heavy atom. The molecule has 0 radical (unpaired) electrons. The summed E-state index contributed by atoms with van der Waals surface area (Å²) in [5.74, 6) is 0.291. The van der Waals surface area contributed by atoms with E-state index in [0.717, 1.165) is 5.52 Å². The molecule has 18 heavy (non-hydrogen) atoms. The first-order chi connectivity index (χ1) is 8.38. The molecule has 0 aliphatic rings. The number of H-pyrrole nitrogens is 1. The van der Waals surface area contributed by atoms with Gasteiger partial charge in [-0.1, -0.05) is 12.1 Å². The summed E-state index contributed by atoms with van der Waals surface area (Å²) in [5, 5.41) is 8.98. The summed E-state index contributed by atoms with van der Waals surface area (Å²) < 4.78 is 36.7. The number of aromatic amines is 1. The van der Waals surface area contributed by atoms with Gasteiger partial charge in [-0.05, 0) is 12.1 Å². The van der Waals surface area contributed by atoms with Gasteiger partial charge in [0.1, 0.15) is 0 Å². The maximum Gasteiger partial charge on any atom is 0.416 e. The molecule has 0 spiro atoms. The Bertz CT molecular complexity index is 505. The van der Waals surface area contributed by atoms with E-state index in [-0.39, 0.29) is 0 Å². The van der Waals surface area contributed by atoms with Gasteiger partial charge in [-0.2, -0.15) is 13.2 Å². The van der Waals surface area contributed by atoms with E-state index in [2.05, 4.69) is 9.97 Å². The highest BCUT2D eigenvalue weighted by atomic mass is 19.4. The summed E-state index contributed by atoms with van der Waals surface area (Å²) in [6.45, 7) is -0.566. The molecule has 0 fully saturated rings. The zero-order chi connectivity index (χ0) is 13.3. The number of likely N-dealkylation sites (N-methyl/N-ethyl adjacent to an activating group) is 1. The molecule has 2 aromatic rings. The summed E-state index contributed by atoms with van der Waals surface area (Å²) >= 11 is 0. The number of aliphatic hydroxyl groups is 1. The van der Waals surface area contributed by atoms with E-state index in [4.69, 9.17) is 5.11 Å². The first-order valence-electron chi connectivity index (χ1n) is 5.28. The summed E-state index contributed by atoms with van der Waals surface area (Å²) in [4.78, 5) is 8.26. The fourth-order valence-electron chi connectivity index (χ4n) is 1.57. The number of para-hydroxylation sites is 2. The van der Waals surface area contributed by atoms with Crippen LogP contribution in [0.15, 0.2) is 24.3 Å². The van der Waals surface area contributed by atoms with Gasteiger partial charge in [-0.15, -0.1) is 0 Å². The van der Waals surface area contributed by atoms with E-state index in [1.165, 1.54) is 11.9 Å². The number of anilines is 1. The third kappa shape index (κ3) is 2.56. The minimum Gasteiger partial charge on any atom is -0.382 e. The average molecular weight is 259 g/mol. The average Bonchev–Trinajstić information content (AvgIpc) is 2.71. The van der Waals surface area contributed by atoms with Crippen LogP contribution in [0.5, 0.6) is 0 Å². The first kappa shape index (κ1) is 12.7. The lowest BCUT2D eigenvalue weighted by Crippen LogP contribution is -2.39. The second-order valence-corrected chi connectivity index (χ2v) is 4.02. The van der Waals surface area contributed by atoms with E-state index in [0.29, 0.717) is 11.5 Å². The lowest BCUT2D eigenvalue weighted by atomic mass is 10.3. The summed E-state index contributed by atoms with van der Waals surface area (Å²) in [6.07, 6.45) is -7.02. The number of benzene rings is 1. The summed E-state index contributed by atoms with van der Waals surface area (Å²) in [6, 6.07) is 7.12. The number of fused-ring (bicyclic) bond motifs is 1. The molecule has 1 aromatic carbocycles. The van der Waals surface area contributed by atoms with Crippen LogP contribution in [-0.2, 0) is 0 Å². The van der Waals surface area contributed by atoms with Crippen molar-refractivity contribution in [1.29, 1.82) is 0 Å². The van der Waals surface area contributed by atoms with Crippen LogP contribution >= 0.6 is 0 Å². The minimum absolute atomic E-state index is 0.291. The van der Waals surface area contributed by atoms with Crippen molar-refractivity contribution in [3.05, 3.63) is 24.3 Å². The zero-order valence-corrected chi connectivity index (χ0v) is 9.57. The fourth-order valence-corrected chi connectivity index (χ4v) is 1.57. The molecule has 0 aliphatic carbocycles. The van der Waals surface area contributed by atoms with Gasteiger partial charge in [0.15, 0.2) is 6.10 Å². The van der Waals surface area contributed by atoms with Crippen molar-refractivity contribution in [3.63, 3.8) is 0 Å². The Morgan fingerprint density at radius 3 is 2.67 bits per heavy atom.